The predicted octanol–water partition coefficient (Wildman–Crippen LogP) is 4.26. The molecular weight excluding hydrogens is 302 g/mol. The Morgan fingerprint density at radius 3 is 2.68 bits per heavy atom. The molecule has 22 heavy (non-hydrogen) atoms. The van der Waals surface area contributed by atoms with E-state index >= 15 is 0 Å². The van der Waals surface area contributed by atoms with Crippen LogP contribution in [0.4, 0.5) is 0 Å². The number of methoxy groups -OCH3 is 1. The first kappa shape index (κ1) is 14.4. The van der Waals surface area contributed by atoms with Gasteiger partial charge in [-0.25, -0.2) is 4.79 Å². The standard InChI is InChI=1S/C17H12ClNO3/c1-22-12-3-5-13-10(8-12)6-7-19-16(13)11-2-4-14(17(20)21)15(18)9-11/h2-9H,1H3,(H,20,21). The third-order valence-corrected chi connectivity index (χ3v) is 3.76. The van der Waals surface area contributed by atoms with Crippen molar-refractivity contribution in [2.24, 2.45) is 0 Å². The molecule has 0 spiro atoms. The van der Waals surface area contributed by atoms with Crippen LogP contribution in [0.15, 0.2) is 48.7 Å². The van der Waals surface area contributed by atoms with E-state index in [4.69, 9.17) is 21.4 Å². The van der Waals surface area contributed by atoms with Gasteiger partial charge in [-0.05, 0) is 41.8 Å². The maximum absolute atomic E-state index is 11.0. The fraction of sp³-hybridized carbons (Fsp3) is 0.0588. The molecule has 2 aromatic carbocycles. The van der Waals surface area contributed by atoms with E-state index in [2.05, 4.69) is 4.98 Å². The Balaban J connectivity index is 2.18. The largest absolute Gasteiger partial charge is 0.497 e. The molecule has 3 rings (SSSR count). The second kappa shape index (κ2) is 5.66. The smallest absolute Gasteiger partial charge is 0.337 e. The second-order valence-corrected chi connectivity index (χ2v) is 5.15. The van der Waals surface area contributed by atoms with E-state index in [1.165, 1.54) is 6.07 Å². The van der Waals surface area contributed by atoms with Crippen LogP contribution >= 0.6 is 11.6 Å². The predicted molar refractivity (Wildman–Crippen MR) is 85.7 cm³/mol. The van der Waals surface area contributed by atoms with Gasteiger partial charge >= 0.3 is 5.97 Å². The summed E-state index contributed by atoms with van der Waals surface area (Å²) in [6, 6.07) is 12.4. The minimum Gasteiger partial charge on any atom is -0.497 e. The van der Waals surface area contributed by atoms with Crippen molar-refractivity contribution in [1.82, 2.24) is 4.98 Å². The summed E-state index contributed by atoms with van der Waals surface area (Å²) in [5, 5.41) is 11.2. The zero-order chi connectivity index (χ0) is 15.7. The van der Waals surface area contributed by atoms with Gasteiger partial charge in [-0.3, -0.25) is 4.98 Å². The Hall–Kier alpha value is -2.59. The number of carbonyl (C=O) groups is 1. The minimum absolute atomic E-state index is 0.0762. The number of rotatable bonds is 3. The SMILES string of the molecule is COc1ccc2c(-c3ccc(C(=O)O)c(Cl)c3)nccc2c1. The lowest BCUT2D eigenvalue weighted by atomic mass is 10.0. The summed E-state index contributed by atoms with van der Waals surface area (Å²) >= 11 is 6.04. The third kappa shape index (κ3) is 2.49. The van der Waals surface area contributed by atoms with Gasteiger partial charge in [0.05, 0.1) is 23.4 Å². The van der Waals surface area contributed by atoms with Gasteiger partial charge in [0, 0.05) is 17.1 Å². The van der Waals surface area contributed by atoms with Crippen molar-refractivity contribution in [1.29, 1.82) is 0 Å². The van der Waals surface area contributed by atoms with Crippen LogP contribution in [-0.2, 0) is 0 Å². The molecule has 110 valence electrons. The number of halogens is 1. The maximum Gasteiger partial charge on any atom is 0.337 e. The summed E-state index contributed by atoms with van der Waals surface area (Å²) < 4.78 is 5.22. The van der Waals surface area contributed by atoms with E-state index in [-0.39, 0.29) is 10.6 Å². The quantitative estimate of drug-likeness (QED) is 0.784. The summed E-state index contributed by atoms with van der Waals surface area (Å²) in [5.74, 6) is -0.281. The fourth-order valence-corrected chi connectivity index (χ4v) is 2.61. The summed E-state index contributed by atoms with van der Waals surface area (Å²) in [4.78, 5) is 15.4. The molecule has 4 nitrogen and oxygen atoms in total. The summed E-state index contributed by atoms with van der Waals surface area (Å²) in [6.45, 7) is 0. The number of fused-ring (bicyclic) bond motifs is 1. The first-order valence-corrected chi connectivity index (χ1v) is 6.94. The third-order valence-electron chi connectivity index (χ3n) is 3.44. The van der Waals surface area contributed by atoms with Gasteiger partial charge in [-0.2, -0.15) is 0 Å². The van der Waals surface area contributed by atoms with Crippen LogP contribution in [0.1, 0.15) is 10.4 Å². The van der Waals surface area contributed by atoms with Gasteiger partial charge in [0.15, 0.2) is 0 Å². The number of ether oxygens (including phenoxy) is 1. The lowest BCUT2D eigenvalue weighted by Gasteiger charge is -2.08. The highest BCUT2D eigenvalue weighted by molar-refractivity contribution is 6.33. The van der Waals surface area contributed by atoms with Gasteiger partial charge in [0.1, 0.15) is 5.75 Å². The highest BCUT2D eigenvalue weighted by Gasteiger charge is 2.12. The summed E-state index contributed by atoms with van der Waals surface area (Å²) in [5.41, 5.74) is 1.59. The van der Waals surface area contributed by atoms with Gasteiger partial charge in [0.25, 0.3) is 0 Å². The summed E-state index contributed by atoms with van der Waals surface area (Å²) in [7, 11) is 1.62. The second-order valence-electron chi connectivity index (χ2n) is 4.75. The van der Waals surface area contributed by atoms with Crippen LogP contribution in [0.25, 0.3) is 22.0 Å². The lowest BCUT2D eigenvalue weighted by molar-refractivity contribution is 0.0697. The van der Waals surface area contributed by atoms with E-state index in [0.29, 0.717) is 0 Å². The number of hydrogen-bond acceptors (Lipinski definition) is 3. The molecule has 0 fully saturated rings. The molecule has 5 heteroatoms. The van der Waals surface area contributed by atoms with E-state index in [1.54, 1.807) is 25.4 Å². The van der Waals surface area contributed by atoms with Gasteiger partial charge in [-0.1, -0.05) is 17.7 Å². The Morgan fingerprint density at radius 1 is 1.18 bits per heavy atom. The van der Waals surface area contributed by atoms with Gasteiger partial charge in [-0.15, -0.1) is 0 Å². The number of carboxylic acids is 1. The molecule has 0 radical (unpaired) electrons. The van der Waals surface area contributed by atoms with Crippen molar-refractivity contribution in [2.75, 3.05) is 7.11 Å². The van der Waals surface area contributed by atoms with Gasteiger partial charge < -0.3 is 9.84 Å². The monoisotopic (exact) mass is 313 g/mol. The Morgan fingerprint density at radius 2 is 2.00 bits per heavy atom. The normalized spacial score (nSPS) is 10.6. The van der Waals surface area contributed by atoms with E-state index in [0.717, 1.165) is 27.8 Å². The molecule has 0 atom stereocenters. The molecule has 0 saturated carbocycles. The molecule has 1 N–H and O–H groups in total. The van der Waals surface area contributed by atoms with Crippen LogP contribution in [0.3, 0.4) is 0 Å². The molecular formula is C17H12ClNO3. The molecule has 0 unspecified atom stereocenters. The lowest BCUT2D eigenvalue weighted by Crippen LogP contribution is -1.97. The minimum atomic E-state index is -1.05. The van der Waals surface area contributed by atoms with Crippen molar-refractivity contribution in [2.45, 2.75) is 0 Å². The van der Waals surface area contributed by atoms with Crippen LogP contribution in [-0.4, -0.2) is 23.2 Å². The fourth-order valence-electron chi connectivity index (χ4n) is 2.35. The summed E-state index contributed by atoms with van der Waals surface area (Å²) in [6.07, 6.45) is 1.70. The number of aromatic carboxylic acids is 1. The van der Waals surface area contributed by atoms with Crippen molar-refractivity contribution in [3.05, 3.63) is 59.2 Å². The molecule has 1 aromatic heterocycles. The van der Waals surface area contributed by atoms with E-state index < -0.39 is 5.97 Å². The Kier molecular flexibility index (Phi) is 3.69. The zero-order valence-electron chi connectivity index (χ0n) is 11.7. The Bertz CT molecular complexity index is 877. The topological polar surface area (TPSA) is 59.4 Å². The van der Waals surface area contributed by atoms with E-state index in [1.807, 2.05) is 24.3 Å². The van der Waals surface area contributed by atoms with Crippen molar-refractivity contribution in [3.8, 4) is 17.0 Å². The average Bonchev–Trinajstić information content (AvgIpc) is 2.53. The molecule has 0 aliphatic heterocycles. The van der Waals surface area contributed by atoms with Crippen LogP contribution < -0.4 is 4.74 Å². The number of aromatic nitrogens is 1. The van der Waals surface area contributed by atoms with E-state index in [9.17, 15) is 4.79 Å². The molecule has 0 aliphatic carbocycles. The number of nitrogens with zero attached hydrogens (tertiary/aromatic N) is 1. The van der Waals surface area contributed by atoms with Gasteiger partial charge in [0.2, 0.25) is 0 Å². The van der Waals surface area contributed by atoms with Crippen molar-refractivity contribution >= 4 is 28.3 Å². The van der Waals surface area contributed by atoms with Crippen LogP contribution in [0.2, 0.25) is 5.02 Å². The average molecular weight is 314 g/mol. The van der Waals surface area contributed by atoms with Crippen LogP contribution in [0.5, 0.6) is 5.75 Å². The number of benzene rings is 2. The molecule has 0 amide bonds. The molecule has 0 saturated heterocycles. The number of hydrogen-bond donors (Lipinski definition) is 1. The molecule has 0 bridgehead atoms. The first-order valence-electron chi connectivity index (χ1n) is 6.56. The number of carboxylic acid groups (broad SMARTS) is 1. The van der Waals surface area contributed by atoms with Crippen molar-refractivity contribution < 1.29 is 14.6 Å². The van der Waals surface area contributed by atoms with Crippen molar-refractivity contribution in [3.63, 3.8) is 0 Å². The maximum atomic E-state index is 11.0. The molecule has 0 aliphatic rings. The molecule has 3 aromatic rings. The highest BCUT2D eigenvalue weighted by Crippen LogP contribution is 2.31. The molecule has 1 heterocycles. The van der Waals surface area contributed by atoms with Crippen LogP contribution in [0, 0.1) is 0 Å². The highest BCUT2D eigenvalue weighted by atomic mass is 35.5. The first-order chi connectivity index (χ1) is 10.6. The zero-order valence-corrected chi connectivity index (χ0v) is 12.5. The number of pyridine rings is 1. The Labute approximate surface area is 131 Å².